The van der Waals surface area contributed by atoms with E-state index in [9.17, 15) is 4.39 Å². The molecule has 1 aromatic heterocycles. The Kier molecular flexibility index (Phi) is 5.09. The zero-order chi connectivity index (χ0) is 14.5. The van der Waals surface area contributed by atoms with E-state index >= 15 is 0 Å². The number of hydrogen-bond acceptors (Lipinski definition) is 4. The zero-order valence-electron chi connectivity index (χ0n) is 11.5. The molecule has 0 bridgehead atoms. The number of nitrogens with zero attached hydrogens (tertiary/aromatic N) is 2. The fourth-order valence-electron chi connectivity index (χ4n) is 1.85. The summed E-state index contributed by atoms with van der Waals surface area (Å²) in [6.07, 6.45) is 1.89. The van der Waals surface area contributed by atoms with Crippen LogP contribution in [0.15, 0.2) is 22.6 Å². The lowest BCUT2D eigenvalue weighted by Crippen LogP contribution is -2.21. The summed E-state index contributed by atoms with van der Waals surface area (Å²) in [5.74, 6) is 0.418. The van der Waals surface area contributed by atoms with E-state index in [1.54, 1.807) is 6.07 Å². The summed E-state index contributed by atoms with van der Waals surface area (Å²) < 4.78 is 18.8. The monoisotopic (exact) mass is 297 g/mol. The lowest BCUT2D eigenvalue weighted by molar-refractivity contribution is 0.396. The first-order valence-corrected chi connectivity index (χ1v) is 7.05. The van der Waals surface area contributed by atoms with Gasteiger partial charge in [-0.05, 0) is 37.6 Å². The van der Waals surface area contributed by atoms with E-state index in [1.165, 1.54) is 12.1 Å². The van der Waals surface area contributed by atoms with Gasteiger partial charge in [0.25, 0.3) is 0 Å². The molecule has 0 aliphatic rings. The van der Waals surface area contributed by atoms with Crippen molar-refractivity contribution >= 4 is 11.6 Å². The third-order valence-electron chi connectivity index (χ3n) is 2.95. The van der Waals surface area contributed by atoms with Crippen molar-refractivity contribution < 1.29 is 8.81 Å². The average molecular weight is 298 g/mol. The molecule has 0 aliphatic carbocycles. The fraction of sp³-hybridized carbons (Fsp3) is 0.429. The van der Waals surface area contributed by atoms with Gasteiger partial charge in [-0.15, -0.1) is 10.2 Å². The molecule has 0 aliphatic heterocycles. The van der Waals surface area contributed by atoms with Crippen molar-refractivity contribution in [1.29, 1.82) is 0 Å². The van der Waals surface area contributed by atoms with Crippen molar-refractivity contribution in [1.82, 2.24) is 15.5 Å². The minimum Gasteiger partial charge on any atom is -0.419 e. The lowest BCUT2D eigenvalue weighted by atomic mass is 10.2. The van der Waals surface area contributed by atoms with Crippen LogP contribution in [-0.2, 0) is 0 Å². The molecule has 1 atom stereocenters. The summed E-state index contributed by atoms with van der Waals surface area (Å²) in [6.45, 7) is 5.03. The van der Waals surface area contributed by atoms with Gasteiger partial charge in [0, 0.05) is 5.56 Å². The molecule has 4 nitrogen and oxygen atoms in total. The summed E-state index contributed by atoms with van der Waals surface area (Å²) in [4.78, 5) is 0. The first-order valence-electron chi connectivity index (χ1n) is 6.67. The van der Waals surface area contributed by atoms with Crippen molar-refractivity contribution in [2.75, 3.05) is 6.54 Å². The Morgan fingerprint density at radius 2 is 2.15 bits per heavy atom. The number of benzene rings is 1. The van der Waals surface area contributed by atoms with Gasteiger partial charge in [-0.25, -0.2) is 4.39 Å². The predicted octanol–water partition coefficient (Wildman–Crippen LogP) is 3.98. The summed E-state index contributed by atoms with van der Waals surface area (Å²) in [7, 11) is 0. The lowest BCUT2D eigenvalue weighted by Gasteiger charge is -2.11. The zero-order valence-corrected chi connectivity index (χ0v) is 12.2. The van der Waals surface area contributed by atoms with Crippen LogP contribution in [0, 0.1) is 5.82 Å². The Morgan fingerprint density at radius 3 is 2.80 bits per heavy atom. The topological polar surface area (TPSA) is 51.0 Å². The second-order valence-corrected chi connectivity index (χ2v) is 4.90. The minimum absolute atomic E-state index is 0.0344. The molecule has 1 N–H and O–H groups in total. The maximum Gasteiger partial charge on any atom is 0.247 e. The van der Waals surface area contributed by atoms with E-state index in [0.29, 0.717) is 17.3 Å². The van der Waals surface area contributed by atoms with E-state index in [1.807, 2.05) is 6.92 Å². The molecular weight excluding hydrogens is 281 g/mol. The van der Waals surface area contributed by atoms with Gasteiger partial charge in [0.05, 0.1) is 11.1 Å². The van der Waals surface area contributed by atoms with Crippen LogP contribution in [0.2, 0.25) is 5.02 Å². The Labute approximate surface area is 122 Å². The van der Waals surface area contributed by atoms with Gasteiger partial charge in [-0.2, -0.15) is 0 Å². The maximum atomic E-state index is 13.1. The molecular formula is C14H17ClFN3O. The van der Waals surface area contributed by atoms with Crippen molar-refractivity contribution in [2.24, 2.45) is 0 Å². The number of aromatic nitrogens is 2. The molecule has 2 aromatic rings. The van der Waals surface area contributed by atoms with Crippen molar-refractivity contribution in [2.45, 2.75) is 32.7 Å². The molecule has 0 fully saturated rings. The number of halogens is 2. The third-order valence-corrected chi connectivity index (χ3v) is 3.24. The first-order chi connectivity index (χ1) is 9.65. The smallest absolute Gasteiger partial charge is 0.247 e. The van der Waals surface area contributed by atoms with E-state index in [-0.39, 0.29) is 11.1 Å². The van der Waals surface area contributed by atoms with E-state index in [4.69, 9.17) is 16.0 Å². The highest BCUT2D eigenvalue weighted by Gasteiger charge is 2.17. The van der Waals surface area contributed by atoms with Gasteiger partial charge in [0.2, 0.25) is 11.8 Å². The largest absolute Gasteiger partial charge is 0.419 e. The van der Waals surface area contributed by atoms with Crippen LogP contribution in [0.5, 0.6) is 0 Å². The molecule has 108 valence electrons. The number of rotatable bonds is 6. The van der Waals surface area contributed by atoms with Gasteiger partial charge in [0.1, 0.15) is 5.82 Å². The van der Waals surface area contributed by atoms with Crippen molar-refractivity contribution in [3.63, 3.8) is 0 Å². The second kappa shape index (κ2) is 6.81. The SMILES string of the molecule is CCCNC(CC)c1nnc(-c2ccc(F)c(Cl)c2)o1. The second-order valence-electron chi connectivity index (χ2n) is 4.49. The summed E-state index contributed by atoms with van der Waals surface area (Å²) >= 11 is 5.75. The Balaban J connectivity index is 2.20. The van der Waals surface area contributed by atoms with Crippen LogP contribution >= 0.6 is 11.6 Å². The van der Waals surface area contributed by atoms with Crippen LogP contribution in [-0.4, -0.2) is 16.7 Å². The van der Waals surface area contributed by atoms with Crippen LogP contribution < -0.4 is 5.32 Å². The van der Waals surface area contributed by atoms with Gasteiger partial charge in [0.15, 0.2) is 0 Å². The van der Waals surface area contributed by atoms with Gasteiger partial charge < -0.3 is 9.73 Å². The molecule has 0 saturated carbocycles. The summed E-state index contributed by atoms with van der Waals surface area (Å²) in [5.41, 5.74) is 0.612. The first kappa shape index (κ1) is 14.9. The highest BCUT2D eigenvalue weighted by atomic mass is 35.5. The molecule has 0 radical (unpaired) electrons. The van der Waals surface area contributed by atoms with Crippen molar-refractivity contribution in [3.8, 4) is 11.5 Å². The molecule has 20 heavy (non-hydrogen) atoms. The standard InChI is InChI=1S/C14H17ClFN3O/c1-3-7-17-12(4-2)14-19-18-13(20-14)9-5-6-11(16)10(15)8-9/h5-6,8,12,17H,3-4,7H2,1-2H3. The van der Waals surface area contributed by atoms with Crippen LogP contribution in [0.4, 0.5) is 4.39 Å². The molecule has 1 heterocycles. The fourth-order valence-corrected chi connectivity index (χ4v) is 2.03. The van der Waals surface area contributed by atoms with Gasteiger partial charge >= 0.3 is 0 Å². The normalized spacial score (nSPS) is 12.6. The van der Waals surface area contributed by atoms with Gasteiger partial charge in [-0.1, -0.05) is 25.4 Å². The Hall–Kier alpha value is -1.46. The van der Waals surface area contributed by atoms with E-state index < -0.39 is 5.82 Å². The van der Waals surface area contributed by atoms with Crippen LogP contribution in [0.3, 0.4) is 0 Å². The quantitative estimate of drug-likeness (QED) is 0.876. The Bertz CT molecular complexity index is 573. The molecule has 0 saturated heterocycles. The minimum atomic E-state index is -0.466. The average Bonchev–Trinajstić information content (AvgIpc) is 2.92. The van der Waals surface area contributed by atoms with Crippen LogP contribution in [0.25, 0.3) is 11.5 Å². The summed E-state index contributed by atoms with van der Waals surface area (Å²) in [6, 6.07) is 4.37. The molecule has 6 heteroatoms. The molecule has 1 aromatic carbocycles. The maximum absolute atomic E-state index is 13.1. The number of hydrogen-bond donors (Lipinski definition) is 1. The molecule has 2 rings (SSSR count). The van der Waals surface area contributed by atoms with Crippen molar-refractivity contribution in [3.05, 3.63) is 34.9 Å². The number of nitrogens with one attached hydrogen (secondary N) is 1. The van der Waals surface area contributed by atoms with E-state index in [2.05, 4.69) is 22.4 Å². The highest BCUT2D eigenvalue weighted by molar-refractivity contribution is 6.31. The molecule has 0 amide bonds. The molecule has 1 unspecified atom stereocenters. The van der Waals surface area contributed by atoms with Crippen LogP contribution in [0.1, 0.15) is 38.6 Å². The van der Waals surface area contributed by atoms with E-state index in [0.717, 1.165) is 19.4 Å². The predicted molar refractivity (Wildman–Crippen MR) is 76.0 cm³/mol. The third kappa shape index (κ3) is 3.35. The highest BCUT2D eigenvalue weighted by Crippen LogP contribution is 2.25. The summed E-state index contributed by atoms with van der Waals surface area (Å²) in [5, 5.41) is 11.4. The molecule has 0 spiro atoms. The Morgan fingerprint density at radius 1 is 1.35 bits per heavy atom. The van der Waals surface area contributed by atoms with Gasteiger partial charge in [-0.3, -0.25) is 0 Å².